The van der Waals surface area contributed by atoms with E-state index in [2.05, 4.69) is 81.5 Å². The minimum atomic E-state index is 0.731. The van der Waals surface area contributed by atoms with Crippen LogP contribution in [0.15, 0.2) is 66.9 Å². The van der Waals surface area contributed by atoms with Crippen molar-refractivity contribution in [1.82, 2.24) is 15.2 Å². The zero-order chi connectivity index (χ0) is 19.9. The minimum absolute atomic E-state index is 0.731. The number of aromatic nitrogens is 3. The maximum Gasteiger partial charge on any atom is 0.247 e. The van der Waals surface area contributed by atoms with Gasteiger partial charge in [-0.3, -0.25) is 0 Å². The molecule has 5 heteroatoms. The van der Waals surface area contributed by atoms with Crippen molar-refractivity contribution in [3.05, 3.63) is 78.0 Å². The van der Waals surface area contributed by atoms with Crippen LogP contribution in [0.5, 0.6) is 0 Å². The van der Waals surface area contributed by atoms with Crippen LogP contribution >= 0.6 is 0 Å². The predicted octanol–water partition coefficient (Wildman–Crippen LogP) is 4.36. The van der Waals surface area contributed by atoms with Crippen molar-refractivity contribution in [2.75, 3.05) is 29.4 Å². The molecule has 0 saturated carbocycles. The first kappa shape index (κ1) is 19.4. The van der Waals surface area contributed by atoms with E-state index in [1.165, 1.54) is 24.0 Å². The van der Waals surface area contributed by atoms with E-state index in [-0.39, 0.29) is 0 Å². The van der Waals surface area contributed by atoms with Crippen LogP contribution in [0.2, 0.25) is 0 Å². The molecule has 1 aliphatic heterocycles. The highest BCUT2D eigenvalue weighted by atomic mass is 15.3. The molecule has 1 saturated heterocycles. The molecular formula is C24H29N5. The number of nitrogens with zero attached hydrogens (tertiary/aromatic N) is 5. The van der Waals surface area contributed by atoms with Crippen molar-refractivity contribution < 1.29 is 0 Å². The third kappa shape index (κ3) is 5.11. The molecule has 1 fully saturated rings. The van der Waals surface area contributed by atoms with Gasteiger partial charge in [0.05, 0.1) is 6.20 Å². The molecule has 29 heavy (non-hydrogen) atoms. The summed E-state index contributed by atoms with van der Waals surface area (Å²) in [6.07, 6.45) is 5.28. The number of rotatable bonds is 7. The number of hydrogen-bond acceptors (Lipinski definition) is 5. The van der Waals surface area contributed by atoms with Gasteiger partial charge in [-0.15, -0.1) is 5.10 Å². The summed E-state index contributed by atoms with van der Waals surface area (Å²) in [5.41, 5.74) is 2.71. The Kier molecular flexibility index (Phi) is 6.35. The molecule has 150 valence electrons. The largest absolute Gasteiger partial charge is 0.351 e. The van der Waals surface area contributed by atoms with Crippen molar-refractivity contribution in [2.24, 2.45) is 5.92 Å². The molecule has 0 atom stereocenters. The van der Waals surface area contributed by atoms with Gasteiger partial charge in [-0.25, -0.2) is 0 Å². The molecule has 3 aromatic rings. The predicted molar refractivity (Wildman–Crippen MR) is 118 cm³/mol. The molecule has 1 aliphatic rings. The van der Waals surface area contributed by atoms with Gasteiger partial charge < -0.3 is 9.80 Å². The van der Waals surface area contributed by atoms with E-state index < -0.39 is 0 Å². The van der Waals surface area contributed by atoms with Crippen LogP contribution in [0.3, 0.4) is 0 Å². The Bertz CT molecular complexity index is 876. The lowest BCUT2D eigenvalue weighted by Gasteiger charge is -2.32. The number of anilines is 2. The third-order valence-corrected chi connectivity index (χ3v) is 5.72. The highest BCUT2D eigenvalue weighted by molar-refractivity contribution is 5.42. The summed E-state index contributed by atoms with van der Waals surface area (Å²) >= 11 is 0. The van der Waals surface area contributed by atoms with Crippen molar-refractivity contribution in [3.8, 4) is 0 Å². The molecule has 2 heterocycles. The first-order valence-corrected chi connectivity index (χ1v) is 10.6. The molecular weight excluding hydrogens is 358 g/mol. The average Bonchev–Trinajstić information content (AvgIpc) is 2.79. The van der Waals surface area contributed by atoms with E-state index >= 15 is 0 Å². The molecule has 4 rings (SSSR count). The van der Waals surface area contributed by atoms with Crippen LogP contribution in [-0.4, -0.2) is 34.8 Å². The average molecular weight is 388 g/mol. The summed E-state index contributed by atoms with van der Waals surface area (Å²) < 4.78 is 0. The smallest absolute Gasteiger partial charge is 0.247 e. The normalized spacial score (nSPS) is 14.7. The van der Waals surface area contributed by atoms with Crippen molar-refractivity contribution in [1.29, 1.82) is 0 Å². The maximum atomic E-state index is 4.85. The Balaban J connectivity index is 1.38. The van der Waals surface area contributed by atoms with Crippen LogP contribution in [-0.2, 0) is 13.0 Å². The van der Waals surface area contributed by atoms with E-state index in [1.54, 1.807) is 6.20 Å². The van der Waals surface area contributed by atoms with E-state index in [1.807, 2.05) is 6.07 Å². The fraction of sp³-hybridized carbons (Fsp3) is 0.375. The first-order chi connectivity index (χ1) is 14.3. The molecule has 1 aromatic heterocycles. The zero-order valence-electron chi connectivity index (χ0n) is 17.1. The van der Waals surface area contributed by atoms with Gasteiger partial charge in [0.15, 0.2) is 5.82 Å². The molecule has 5 nitrogen and oxygen atoms in total. The summed E-state index contributed by atoms with van der Waals surface area (Å²) in [7, 11) is 0. The molecule has 0 aliphatic carbocycles. The Morgan fingerprint density at radius 3 is 2.24 bits per heavy atom. The molecule has 0 spiro atoms. The summed E-state index contributed by atoms with van der Waals surface area (Å²) in [6, 6.07) is 21.3. The summed E-state index contributed by atoms with van der Waals surface area (Å²) in [5, 5.41) is 8.60. The quantitative estimate of drug-likeness (QED) is 0.603. The van der Waals surface area contributed by atoms with Gasteiger partial charge in [0, 0.05) is 26.2 Å². The summed E-state index contributed by atoms with van der Waals surface area (Å²) in [5.74, 6) is 2.38. The van der Waals surface area contributed by atoms with Crippen LogP contribution in [0, 0.1) is 5.92 Å². The standard InChI is InChI=1S/C24H29N5/c1-2-28(19-22-11-7-4-8-12-22)23-18-25-27-24(26-23)29-15-13-21(14-16-29)17-20-9-5-3-6-10-20/h3-12,18,21H,2,13-17,19H2,1H3. The molecule has 0 N–H and O–H groups in total. The fourth-order valence-electron chi connectivity index (χ4n) is 4.02. The van der Waals surface area contributed by atoms with Crippen LogP contribution in [0.1, 0.15) is 30.9 Å². The number of piperidine rings is 1. The summed E-state index contributed by atoms with van der Waals surface area (Å²) in [4.78, 5) is 9.38. The summed E-state index contributed by atoms with van der Waals surface area (Å²) in [6.45, 7) is 5.85. The number of hydrogen-bond donors (Lipinski definition) is 0. The lowest BCUT2D eigenvalue weighted by atomic mass is 9.90. The third-order valence-electron chi connectivity index (χ3n) is 5.72. The van der Waals surface area contributed by atoms with E-state index in [0.717, 1.165) is 50.3 Å². The molecule has 0 bridgehead atoms. The molecule has 2 aromatic carbocycles. The second-order valence-electron chi connectivity index (χ2n) is 7.73. The fourth-order valence-corrected chi connectivity index (χ4v) is 4.02. The van der Waals surface area contributed by atoms with Crippen LogP contribution in [0.25, 0.3) is 0 Å². The van der Waals surface area contributed by atoms with Crippen molar-refractivity contribution in [2.45, 2.75) is 32.7 Å². The minimum Gasteiger partial charge on any atom is -0.351 e. The Labute approximate surface area is 173 Å². The van der Waals surface area contributed by atoms with Gasteiger partial charge in [0.1, 0.15) is 0 Å². The lowest BCUT2D eigenvalue weighted by Crippen LogP contribution is -2.36. The second-order valence-corrected chi connectivity index (χ2v) is 7.73. The van der Waals surface area contributed by atoms with E-state index in [9.17, 15) is 0 Å². The maximum absolute atomic E-state index is 4.85. The second kappa shape index (κ2) is 9.50. The molecule has 0 radical (unpaired) electrons. The topological polar surface area (TPSA) is 45.2 Å². The Morgan fingerprint density at radius 2 is 1.59 bits per heavy atom. The van der Waals surface area contributed by atoms with Crippen LogP contribution in [0.4, 0.5) is 11.8 Å². The SMILES string of the molecule is CCN(Cc1ccccc1)c1cnnc(N2CCC(Cc3ccccc3)CC2)n1. The van der Waals surface area contributed by atoms with Crippen LogP contribution < -0.4 is 9.80 Å². The Morgan fingerprint density at radius 1 is 0.931 bits per heavy atom. The Hall–Kier alpha value is -2.95. The lowest BCUT2D eigenvalue weighted by molar-refractivity contribution is 0.400. The van der Waals surface area contributed by atoms with E-state index in [4.69, 9.17) is 4.98 Å². The van der Waals surface area contributed by atoms with Gasteiger partial charge in [-0.1, -0.05) is 60.7 Å². The zero-order valence-corrected chi connectivity index (χ0v) is 17.1. The van der Waals surface area contributed by atoms with Gasteiger partial charge in [0.25, 0.3) is 0 Å². The van der Waals surface area contributed by atoms with E-state index in [0.29, 0.717) is 0 Å². The van der Waals surface area contributed by atoms with Crippen molar-refractivity contribution >= 4 is 11.8 Å². The highest BCUT2D eigenvalue weighted by Crippen LogP contribution is 2.25. The first-order valence-electron chi connectivity index (χ1n) is 10.6. The number of benzene rings is 2. The monoisotopic (exact) mass is 387 g/mol. The van der Waals surface area contributed by atoms with Gasteiger partial charge in [0.2, 0.25) is 5.95 Å². The van der Waals surface area contributed by atoms with Gasteiger partial charge in [-0.05, 0) is 43.2 Å². The van der Waals surface area contributed by atoms with Crippen molar-refractivity contribution in [3.63, 3.8) is 0 Å². The van der Waals surface area contributed by atoms with Gasteiger partial charge >= 0.3 is 0 Å². The highest BCUT2D eigenvalue weighted by Gasteiger charge is 2.22. The molecule has 0 amide bonds. The van der Waals surface area contributed by atoms with Gasteiger partial charge in [-0.2, -0.15) is 10.1 Å². The molecule has 0 unspecified atom stereocenters.